The highest BCUT2D eigenvalue weighted by Gasteiger charge is 2.51. The Labute approximate surface area is 94.7 Å². The second-order valence-corrected chi connectivity index (χ2v) is 4.43. The van der Waals surface area contributed by atoms with Crippen LogP contribution < -0.4 is 0 Å². The highest BCUT2D eigenvalue weighted by molar-refractivity contribution is 5.84. The summed E-state index contributed by atoms with van der Waals surface area (Å²) in [6, 6.07) is 7.31. The number of carbonyl (C=O) groups is 1. The standard InChI is InChI=1S/C13H16O3/c1-2-11(14)9-3-5-10(6-4-9)13(7-8-13)12(15)16/h3-6,11,14H,2,7-8H2,1H3,(H,15,16). The molecule has 0 aromatic heterocycles. The molecule has 1 aromatic rings. The summed E-state index contributed by atoms with van der Waals surface area (Å²) < 4.78 is 0. The molecule has 0 radical (unpaired) electrons. The van der Waals surface area contributed by atoms with Gasteiger partial charge in [-0.15, -0.1) is 0 Å². The van der Waals surface area contributed by atoms with E-state index in [0.29, 0.717) is 6.42 Å². The number of carboxylic acids is 1. The number of aliphatic carboxylic acids is 1. The summed E-state index contributed by atoms with van der Waals surface area (Å²) in [5.74, 6) is -0.740. The lowest BCUT2D eigenvalue weighted by Crippen LogP contribution is -2.19. The molecular formula is C13H16O3. The van der Waals surface area contributed by atoms with Crippen LogP contribution in [0.1, 0.15) is 43.4 Å². The van der Waals surface area contributed by atoms with Gasteiger partial charge in [-0.1, -0.05) is 31.2 Å². The minimum atomic E-state index is -0.740. The monoisotopic (exact) mass is 220 g/mol. The highest BCUT2D eigenvalue weighted by Crippen LogP contribution is 2.48. The molecule has 1 atom stereocenters. The van der Waals surface area contributed by atoms with Crippen LogP contribution in [-0.2, 0) is 10.2 Å². The molecule has 0 bridgehead atoms. The van der Waals surface area contributed by atoms with Gasteiger partial charge in [-0.3, -0.25) is 4.79 Å². The van der Waals surface area contributed by atoms with E-state index in [0.717, 1.165) is 24.0 Å². The number of rotatable bonds is 4. The SMILES string of the molecule is CCC(O)c1ccc(C2(C(=O)O)CC2)cc1. The third-order valence-corrected chi connectivity index (χ3v) is 3.39. The Morgan fingerprint density at radius 3 is 2.31 bits per heavy atom. The molecule has 3 heteroatoms. The summed E-state index contributed by atoms with van der Waals surface area (Å²) in [6.07, 6.45) is 1.66. The van der Waals surface area contributed by atoms with Crippen LogP contribution in [-0.4, -0.2) is 16.2 Å². The minimum Gasteiger partial charge on any atom is -0.481 e. The van der Waals surface area contributed by atoms with Gasteiger partial charge in [0.2, 0.25) is 0 Å². The maximum absolute atomic E-state index is 11.1. The summed E-state index contributed by atoms with van der Waals surface area (Å²) in [6.45, 7) is 1.91. The van der Waals surface area contributed by atoms with Gasteiger partial charge in [-0.25, -0.2) is 0 Å². The lowest BCUT2D eigenvalue weighted by atomic mass is 9.94. The first kappa shape index (κ1) is 11.1. The molecule has 0 amide bonds. The Hall–Kier alpha value is -1.35. The van der Waals surface area contributed by atoms with Gasteiger partial charge in [0.05, 0.1) is 11.5 Å². The van der Waals surface area contributed by atoms with Crippen LogP contribution in [0, 0.1) is 0 Å². The molecule has 1 aromatic carbocycles. The molecule has 16 heavy (non-hydrogen) atoms. The van der Waals surface area contributed by atoms with Crippen molar-refractivity contribution in [3.8, 4) is 0 Å². The van der Waals surface area contributed by atoms with Crippen molar-refractivity contribution < 1.29 is 15.0 Å². The lowest BCUT2D eigenvalue weighted by molar-refractivity contribution is -0.140. The van der Waals surface area contributed by atoms with Crippen molar-refractivity contribution in [3.63, 3.8) is 0 Å². The number of hydrogen-bond acceptors (Lipinski definition) is 2. The van der Waals surface area contributed by atoms with Crippen molar-refractivity contribution in [2.24, 2.45) is 0 Å². The first-order valence-corrected chi connectivity index (χ1v) is 5.62. The average Bonchev–Trinajstić information content (AvgIpc) is 3.09. The summed E-state index contributed by atoms with van der Waals surface area (Å²) in [4.78, 5) is 11.1. The summed E-state index contributed by atoms with van der Waals surface area (Å²) >= 11 is 0. The predicted octanol–water partition coefficient (Wildman–Crippen LogP) is 2.25. The molecule has 1 aliphatic rings. The molecule has 2 N–H and O–H groups in total. The van der Waals surface area contributed by atoms with Crippen molar-refractivity contribution in [2.45, 2.75) is 37.7 Å². The Bertz CT molecular complexity index is 390. The largest absolute Gasteiger partial charge is 0.481 e. The van der Waals surface area contributed by atoms with Gasteiger partial charge >= 0.3 is 5.97 Å². The van der Waals surface area contributed by atoms with Crippen molar-refractivity contribution >= 4 is 5.97 Å². The zero-order chi connectivity index (χ0) is 11.8. The summed E-state index contributed by atoms with van der Waals surface area (Å²) in [5, 5.41) is 18.8. The molecule has 2 rings (SSSR count). The van der Waals surface area contributed by atoms with Gasteiger partial charge in [0.1, 0.15) is 0 Å². The first-order valence-electron chi connectivity index (χ1n) is 5.62. The Kier molecular flexibility index (Phi) is 2.72. The molecule has 0 spiro atoms. The fraction of sp³-hybridized carbons (Fsp3) is 0.462. The molecule has 1 aliphatic carbocycles. The van der Waals surface area contributed by atoms with Crippen LogP contribution in [0.25, 0.3) is 0 Å². The van der Waals surface area contributed by atoms with Crippen LogP contribution in [0.4, 0.5) is 0 Å². The number of benzene rings is 1. The number of hydrogen-bond donors (Lipinski definition) is 2. The van der Waals surface area contributed by atoms with Crippen LogP contribution in [0.2, 0.25) is 0 Å². The minimum absolute atomic E-state index is 0.450. The zero-order valence-electron chi connectivity index (χ0n) is 9.31. The maximum atomic E-state index is 11.1. The molecule has 0 aliphatic heterocycles. The normalized spacial score (nSPS) is 19.1. The van der Waals surface area contributed by atoms with Crippen LogP contribution in [0.3, 0.4) is 0 Å². The summed E-state index contributed by atoms with van der Waals surface area (Å²) in [7, 11) is 0. The molecule has 1 saturated carbocycles. The number of aliphatic hydroxyl groups is 1. The molecule has 1 unspecified atom stereocenters. The molecule has 86 valence electrons. The van der Waals surface area contributed by atoms with Gasteiger partial charge in [0, 0.05) is 0 Å². The molecule has 0 heterocycles. The van der Waals surface area contributed by atoms with Crippen LogP contribution >= 0.6 is 0 Å². The van der Waals surface area contributed by atoms with Crippen molar-refractivity contribution in [1.82, 2.24) is 0 Å². The van der Waals surface area contributed by atoms with E-state index >= 15 is 0 Å². The second kappa shape index (κ2) is 3.91. The number of carboxylic acid groups (broad SMARTS) is 1. The molecular weight excluding hydrogens is 204 g/mol. The van der Waals surface area contributed by atoms with Crippen molar-refractivity contribution in [1.29, 1.82) is 0 Å². The fourth-order valence-corrected chi connectivity index (χ4v) is 2.01. The van der Waals surface area contributed by atoms with Crippen LogP contribution in [0.15, 0.2) is 24.3 Å². The lowest BCUT2D eigenvalue weighted by Gasteiger charge is -2.12. The van der Waals surface area contributed by atoms with E-state index in [1.165, 1.54) is 0 Å². The Morgan fingerprint density at radius 1 is 1.38 bits per heavy atom. The average molecular weight is 220 g/mol. The van der Waals surface area contributed by atoms with Gasteiger partial charge in [0.25, 0.3) is 0 Å². The maximum Gasteiger partial charge on any atom is 0.314 e. The Morgan fingerprint density at radius 2 is 1.94 bits per heavy atom. The smallest absolute Gasteiger partial charge is 0.314 e. The van der Waals surface area contributed by atoms with E-state index in [9.17, 15) is 9.90 Å². The van der Waals surface area contributed by atoms with Gasteiger partial charge in [-0.2, -0.15) is 0 Å². The van der Waals surface area contributed by atoms with E-state index < -0.39 is 17.5 Å². The third kappa shape index (κ3) is 1.71. The number of aliphatic hydroxyl groups excluding tert-OH is 1. The molecule has 3 nitrogen and oxygen atoms in total. The van der Waals surface area contributed by atoms with Crippen molar-refractivity contribution in [3.05, 3.63) is 35.4 Å². The van der Waals surface area contributed by atoms with Crippen molar-refractivity contribution in [2.75, 3.05) is 0 Å². The van der Waals surface area contributed by atoms with E-state index in [1.54, 1.807) is 0 Å². The predicted molar refractivity (Wildman–Crippen MR) is 60.2 cm³/mol. The van der Waals surface area contributed by atoms with E-state index in [1.807, 2.05) is 31.2 Å². The quantitative estimate of drug-likeness (QED) is 0.818. The first-order chi connectivity index (χ1) is 7.60. The molecule has 0 saturated heterocycles. The Balaban J connectivity index is 2.23. The summed E-state index contributed by atoms with van der Waals surface area (Å²) in [5.41, 5.74) is 1.06. The van der Waals surface area contributed by atoms with E-state index in [-0.39, 0.29) is 0 Å². The topological polar surface area (TPSA) is 57.5 Å². The second-order valence-electron chi connectivity index (χ2n) is 4.43. The van der Waals surface area contributed by atoms with E-state index in [4.69, 9.17) is 5.11 Å². The van der Waals surface area contributed by atoms with Gasteiger partial charge in [-0.05, 0) is 30.4 Å². The van der Waals surface area contributed by atoms with Crippen LogP contribution in [0.5, 0.6) is 0 Å². The van der Waals surface area contributed by atoms with Gasteiger partial charge < -0.3 is 10.2 Å². The highest BCUT2D eigenvalue weighted by atomic mass is 16.4. The third-order valence-electron chi connectivity index (χ3n) is 3.39. The zero-order valence-corrected chi connectivity index (χ0v) is 9.31. The fourth-order valence-electron chi connectivity index (χ4n) is 2.01. The van der Waals surface area contributed by atoms with E-state index in [2.05, 4.69) is 0 Å². The molecule has 1 fully saturated rings. The van der Waals surface area contributed by atoms with Gasteiger partial charge in [0.15, 0.2) is 0 Å².